The lowest BCUT2D eigenvalue weighted by Gasteiger charge is -2.03. The summed E-state index contributed by atoms with van der Waals surface area (Å²) in [5, 5.41) is 9.02. The van der Waals surface area contributed by atoms with Crippen LogP contribution >= 0.6 is 11.8 Å². The van der Waals surface area contributed by atoms with E-state index in [2.05, 4.69) is 0 Å². The first-order valence-electron chi connectivity index (χ1n) is 3.85. The molecule has 0 aromatic heterocycles. The molecule has 12 heavy (non-hydrogen) atoms. The van der Waals surface area contributed by atoms with E-state index in [0.717, 1.165) is 16.3 Å². The monoisotopic (exact) mass is 183 g/mol. The zero-order valence-corrected chi connectivity index (χ0v) is 7.84. The Morgan fingerprint density at radius 3 is 2.50 bits per heavy atom. The van der Waals surface area contributed by atoms with E-state index < -0.39 is 0 Å². The van der Waals surface area contributed by atoms with Gasteiger partial charge in [0.05, 0.1) is 6.10 Å². The zero-order chi connectivity index (χ0) is 8.97. The average molecular weight is 183 g/mol. The Balaban J connectivity index is 2.48. The van der Waals surface area contributed by atoms with Crippen LogP contribution in [0.5, 0.6) is 0 Å². The van der Waals surface area contributed by atoms with Gasteiger partial charge in [-0.1, -0.05) is 0 Å². The minimum Gasteiger partial charge on any atom is -0.399 e. The predicted octanol–water partition coefficient (Wildman–Crippen LogP) is 1.74. The minimum absolute atomic E-state index is 0.257. The first kappa shape index (κ1) is 9.42. The average Bonchev–Trinajstić information content (AvgIpc) is 2.03. The van der Waals surface area contributed by atoms with E-state index in [0.29, 0.717) is 0 Å². The summed E-state index contributed by atoms with van der Waals surface area (Å²) in [6, 6.07) is 7.65. The number of hydrogen-bond acceptors (Lipinski definition) is 3. The molecular formula is C9H13NOS. The SMILES string of the molecule is CC(O)CSc1ccc(N)cc1. The van der Waals surface area contributed by atoms with Crippen LogP contribution in [0.2, 0.25) is 0 Å². The zero-order valence-electron chi connectivity index (χ0n) is 7.03. The third-order valence-electron chi connectivity index (χ3n) is 1.37. The molecular weight excluding hydrogens is 170 g/mol. The molecule has 0 radical (unpaired) electrons. The quantitative estimate of drug-likeness (QED) is 0.554. The molecule has 1 aromatic carbocycles. The van der Waals surface area contributed by atoms with E-state index in [9.17, 15) is 0 Å². The van der Waals surface area contributed by atoms with E-state index in [1.165, 1.54) is 0 Å². The Labute approximate surface area is 76.8 Å². The third kappa shape index (κ3) is 3.15. The van der Waals surface area contributed by atoms with Crippen LogP contribution in [0.4, 0.5) is 5.69 Å². The van der Waals surface area contributed by atoms with Gasteiger partial charge in [0.25, 0.3) is 0 Å². The van der Waals surface area contributed by atoms with E-state index >= 15 is 0 Å². The number of nitrogens with two attached hydrogens (primary N) is 1. The van der Waals surface area contributed by atoms with Crippen molar-refractivity contribution in [1.29, 1.82) is 0 Å². The van der Waals surface area contributed by atoms with Crippen molar-refractivity contribution in [1.82, 2.24) is 0 Å². The van der Waals surface area contributed by atoms with Gasteiger partial charge in [0.15, 0.2) is 0 Å². The number of anilines is 1. The molecule has 0 aliphatic carbocycles. The molecule has 0 saturated heterocycles. The van der Waals surface area contributed by atoms with Gasteiger partial charge in [0.1, 0.15) is 0 Å². The highest BCUT2D eigenvalue weighted by Crippen LogP contribution is 2.19. The summed E-state index contributed by atoms with van der Waals surface area (Å²) in [5.41, 5.74) is 6.30. The van der Waals surface area contributed by atoms with Gasteiger partial charge in [-0.2, -0.15) is 0 Å². The standard InChI is InChI=1S/C9H13NOS/c1-7(11)6-12-9-4-2-8(10)3-5-9/h2-5,7,11H,6,10H2,1H3. The summed E-state index contributed by atoms with van der Waals surface area (Å²) in [4.78, 5) is 1.14. The lowest BCUT2D eigenvalue weighted by atomic mass is 10.3. The Morgan fingerprint density at radius 1 is 1.42 bits per heavy atom. The molecule has 1 atom stereocenters. The Bertz CT molecular complexity index is 233. The normalized spacial score (nSPS) is 12.8. The van der Waals surface area contributed by atoms with Crippen molar-refractivity contribution >= 4 is 17.4 Å². The summed E-state index contributed by atoms with van der Waals surface area (Å²) in [7, 11) is 0. The largest absolute Gasteiger partial charge is 0.399 e. The molecule has 0 spiro atoms. The van der Waals surface area contributed by atoms with Gasteiger partial charge in [-0.15, -0.1) is 11.8 Å². The maximum absolute atomic E-state index is 9.02. The van der Waals surface area contributed by atoms with Crippen LogP contribution in [0.3, 0.4) is 0 Å². The van der Waals surface area contributed by atoms with Gasteiger partial charge in [0.2, 0.25) is 0 Å². The molecule has 0 amide bonds. The van der Waals surface area contributed by atoms with Crippen molar-refractivity contribution in [2.24, 2.45) is 0 Å². The van der Waals surface area contributed by atoms with E-state index in [-0.39, 0.29) is 6.10 Å². The molecule has 1 rings (SSSR count). The molecule has 0 saturated carbocycles. The number of aliphatic hydroxyl groups is 1. The van der Waals surface area contributed by atoms with Gasteiger partial charge >= 0.3 is 0 Å². The number of aliphatic hydroxyl groups excluding tert-OH is 1. The number of thioether (sulfide) groups is 1. The fourth-order valence-electron chi connectivity index (χ4n) is 0.781. The number of nitrogen functional groups attached to an aromatic ring is 1. The molecule has 66 valence electrons. The van der Waals surface area contributed by atoms with Crippen molar-refractivity contribution < 1.29 is 5.11 Å². The summed E-state index contributed by atoms with van der Waals surface area (Å²) in [5.74, 6) is 0.726. The minimum atomic E-state index is -0.257. The van der Waals surface area contributed by atoms with Gasteiger partial charge in [-0.25, -0.2) is 0 Å². The van der Waals surface area contributed by atoms with E-state index in [4.69, 9.17) is 10.8 Å². The topological polar surface area (TPSA) is 46.2 Å². The summed E-state index contributed by atoms with van der Waals surface area (Å²) >= 11 is 1.63. The molecule has 3 N–H and O–H groups in total. The molecule has 0 bridgehead atoms. The molecule has 1 aromatic rings. The molecule has 1 unspecified atom stereocenters. The Morgan fingerprint density at radius 2 is 2.00 bits per heavy atom. The van der Waals surface area contributed by atoms with Gasteiger partial charge in [-0.3, -0.25) is 0 Å². The third-order valence-corrected chi connectivity index (χ3v) is 2.63. The number of hydrogen-bond donors (Lipinski definition) is 2. The first-order chi connectivity index (χ1) is 5.68. The fourth-order valence-corrected chi connectivity index (χ4v) is 1.54. The molecule has 0 heterocycles. The van der Waals surface area contributed by atoms with Crippen molar-refractivity contribution in [3.05, 3.63) is 24.3 Å². The Hall–Kier alpha value is -0.670. The first-order valence-corrected chi connectivity index (χ1v) is 4.83. The highest BCUT2D eigenvalue weighted by Gasteiger charge is 1.97. The van der Waals surface area contributed by atoms with Gasteiger partial charge < -0.3 is 10.8 Å². The second-order valence-electron chi connectivity index (χ2n) is 2.73. The second-order valence-corrected chi connectivity index (χ2v) is 3.82. The van der Waals surface area contributed by atoms with Crippen LogP contribution in [0.15, 0.2) is 29.2 Å². The fraction of sp³-hybridized carbons (Fsp3) is 0.333. The van der Waals surface area contributed by atoms with Crippen LogP contribution < -0.4 is 5.73 Å². The molecule has 0 aliphatic rings. The maximum atomic E-state index is 9.02. The Kier molecular flexibility index (Phi) is 3.44. The highest BCUT2D eigenvalue weighted by molar-refractivity contribution is 7.99. The second kappa shape index (κ2) is 4.38. The smallest absolute Gasteiger partial charge is 0.0606 e. The van der Waals surface area contributed by atoms with E-state index in [1.54, 1.807) is 18.7 Å². The van der Waals surface area contributed by atoms with Gasteiger partial charge in [0, 0.05) is 16.3 Å². The lowest BCUT2D eigenvalue weighted by Crippen LogP contribution is -2.02. The van der Waals surface area contributed by atoms with Crippen molar-refractivity contribution in [2.45, 2.75) is 17.9 Å². The van der Waals surface area contributed by atoms with Crippen LogP contribution in [-0.4, -0.2) is 17.0 Å². The lowest BCUT2D eigenvalue weighted by molar-refractivity contribution is 0.220. The predicted molar refractivity (Wildman–Crippen MR) is 53.3 cm³/mol. The summed E-state index contributed by atoms with van der Waals surface area (Å²) < 4.78 is 0. The summed E-state index contributed by atoms with van der Waals surface area (Å²) in [6.07, 6.45) is -0.257. The van der Waals surface area contributed by atoms with Crippen molar-refractivity contribution in [2.75, 3.05) is 11.5 Å². The van der Waals surface area contributed by atoms with Crippen LogP contribution in [0.1, 0.15) is 6.92 Å². The maximum Gasteiger partial charge on any atom is 0.0606 e. The van der Waals surface area contributed by atoms with Crippen LogP contribution in [0, 0.1) is 0 Å². The van der Waals surface area contributed by atoms with Gasteiger partial charge in [-0.05, 0) is 31.2 Å². The van der Waals surface area contributed by atoms with Crippen LogP contribution in [-0.2, 0) is 0 Å². The van der Waals surface area contributed by atoms with Crippen molar-refractivity contribution in [3.8, 4) is 0 Å². The number of rotatable bonds is 3. The molecule has 0 aliphatic heterocycles. The van der Waals surface area contributed by atoms with Crippen molar-refractivity contribution in [3.63, 3.8) is 0 Å². The molecule has 0 fully saturated rings. The van der Waals surface area contributed by atoms with Crippen LogP contribution in [0.25, 0.3) is 0 Å². The van der Waals surface area contributed by atoms with E-state index in [1.807, 2.05) is 24.3 Å². The summed E-state index contributed by atoms with van der Waals surface area (Å²) in [6.45, 7) is 1.78. The number of benzene rings is 1. The molecule has 2 nitrogen and oxygen atoms in total. The molecule has 3 heteroatoms. The highest BCUT2D eigenvalue weighted by atomic mass is 32.2.